The van der Waals surface area contributed by atoms with E-state index in [1.165, 1.54) is 11.3 Å². The van der Waals surface area contributed by atoms with Gasteiger partial charge in [-0.3, -0.25) is 14.5 Å². The van der Waals surface area contributed by atoms with E-state index in [2.05, 4.69) is 5.32 Å². The van der Waals surface area contributed by atoms with Gasteiger partial charge in [-0.2, -0.15) is 4.31 Å². The topological polar surface area (TPSA) is 86.8 Å². The molecule has 2 fully saturated rings. The molecule has 29 heavy (non-hydrogen) atoms. The third-order valence-electron chi connectivity index (χ3n) is 6.04. The minimum absolute atomic E-state index is 0.0660. The molecule has 0 unspecified atom stereocenters. The number of carbonyl (C=O) groups is 2. The second kappa shape index (κ2) is 8.07. The van der Waals surface area contributed by atoms with Gasteiger partial charge < -0.3 is 5.32 Å². The van der Waals surface area contributed by atoms with Crippen LogP contribution in [-0.2, 0) is 19.6 Å². The van der Waals surface area contributed by atoms with Gasteiger partial charge in [0.15, 0.2) is 0 Å². The number of amides is 2. The lowest BCUT2D eigenvalue weighted by Gasteiger charge is -2.47. The van der Waals surface area contributed by atoms with Crippen molar-refractivity contribution in [1.29, 1.82) is 0 Å². The Labute approximate surface area is 173 Å². The van der Waals surface area contributed by atoms with Crippen LogP contribution in [0.1, 0.15) is 50.2 Å². The van der Waals surface area contributed by atoms with E-state index in [1.54, 1.807) is 6.92 Å². The van der Waals surface area contributed by atoms with Crippen molar-refractivity contribution in [1.82, 2.24) is 9.62 Å². The molecule has 1 aliphatic carbocycles. The Kier molecular flexibility index (Phi) is 6.06. The molecule has 0 spiro atoms. The first-order valence-corrected chi connectivity index (χ1v) is 12.0. The molecular formula is C21H31N3O4S. The number of hydrogen-bond donors (Lipinski definition) is 1. The van der Waals surface area contributed by atoms with Gasteiger partial charge >= 0.3 is 0 Å². The zero-order chi connectivity index (χ0) is 21.4. The summed E-state index contributed by atoms with van der Waals surface area (Å²) in [5, 5.41) is 3.10. The summed E-state index contributed by atoms with van der Waals surface area (Å²) in [6.45, 7) is 5.16. The maximum atomic E-state index is 13.5. The van der Waals surface area contributed by atoms with Crippen LogP contribution in [0.5, 0.6) is 0 Å². The Morgan fingerprint density at radius 1 is 1.17 bits per heavy atom. The van der Waals surface area contributed by atoms with Gasteiger partial charge in [-0.15, -0.1) is 0 Å². The van der Waals surface area contributed by atoms with Crippen molar-refractivity contribution < 1.29 is 18.0 Å². The molecule has 1 heterocycles. The van der Waals surface area contributed by atoms with Crippen LogP contribution < -0.4 is 10.2 Å². The van der Waals surface area contributed by atoms with Gasteiger partial charge in [0.2, 0.25) is 21.8 Å². The highest BCUT2D eigenvalue weighted by Gasteiger charge is 2.51. The lowest BCUT2D eigenvalue weighted by Crippen LogP contribution is -2.70. The van der Waals surface area contributed by atoms with Gasteiger partial charge in [-0.25, -0.2) is 8.42 Å². The molecule has 1 aromatic carbocycles. The largest absolute Gasteiger partial charge is 0.351 e. The van der Waals surface area contributed by atoms with Crippen LogP contribution in [0.4, 0.5) is 5.69 Å². The summed E-state index contributed by atoms with van der Waals surface area (Å²) in [4.78, 5) is 28.1. The van der Waals surface area contributed by atoms with E-state index < -0.39 is 21.5 Å². The third-order valence-corrected chi connectivity index (χ3v) is 7.24. The van der Waals surface area contributed by atoms with E-state index in [9.17, 15) is 18.0 Å². The second-order valence-electron chi connectivity index (χ2n) is 8.63. The molecule has 0 radical (unpaired) electrons. The highest BCUT2D eigenvalue weighted by Crippen LogP contribution is 2.33. The first-order chi connectivity index (χ1) is 13.5. The molecule has 160 valence electrons. The molecule has 1 saturated heterocycles. The van der Waals surface area contributed by atoms with Gasteiger partial charge in [0.25, 0.3) is 0 Å². The maximum absolute atomic E-state index is 13.5. The number of aryl methyl sites for hydroxylation is 2. The fourth-order valence-electron chi connectivity index (χ4n) is 4.32. The average molecular weight is 422 g/mol. The van der Waals surface area contributed by atoms with Gasteiger partial charge in [0.1, 0.15) is 5.54 Å². The highest BCUT2D eigenvalue weighted by molar-refractivity contribution is 7.88. The Balaban J connectivity index is 2.02. The van der Waals surface area contributed by atoms with E-state index in [-0.39, 0.29) is 25.0 Å². The number of carbonyl (C=O) groups excluding carboxylic acids is 2. The summed E-state index contributed by atoms with van der Waals surface area (Å²) in [5.41, 5.74) is 1.17. The van der Waals surface area contributed by atoms with Gasteiger partial charge in [0.05, 0.1) is 12.8 Å². The third kappa shape index (κ3) is 4.48. The number of anilines is 1. The van der Waals surface area contributed by atoms with E-state index in [0.717, 1.165) is 47.4 Å². The Morgan fingerprint density at radius 2 is 1.83 bits per heavy atom. The van der Waals surface area contributed by atoms with E-state index >= 15 is 0 Å². The van der Waals surface area contributed by atoms with Gasteiger partial charge in [-0.05, 0) is 50.8 Å². The van der Waals surface area contributed by atoms with Crippen molar-refractivity contribution in [3.63, 3.8) is 0 Å². The number of nitrogens with one attached hydrogen (secondary N) is 1. The number of rotatable bonds is 4. The van der Waals surface area contributed by atoms with Crippen molar-refractivity contribution in [2.24, 2.45) is 0 Å². The summed E-state index contributed by atoms with van der Waals surface area (Å²) in [7, 11) is -3.61. The Morgan fingerprint density at radius 3 is 2.45 bits per heavy atom. The van der Waals surface area contributed by atoms with Crippen LogP contribution >= 0.6 is 0 Å². The summed E-state index contributed by atoms with van der Waals surface area (Å²) in [5.74, 6) is -0.691. The lowest BCUT2D eigenvalue weighted by atomic mass is 9.90. The second-order valence-corrected chi connectivity index (χ2v) is 10.6. The van der Waals surface area contributed by atoms with Crippen molar-refractivity contribution >= 4 is 27.5 Å². The predicted octanol–water partition coefficient (Wildman–Crippen LogP) is 2.12. The molecule has 2 amide bonds. The SMILES string of the molecule is Cc1ccc(C)c(N2C(=O)CN(S(C)(=O)=O)C[C@]2(C)C(=O)NC2CCCCC2)c1. The van der Waals surface area contributed by atoms with Crippen molar-refractivity contribution in [3.05, 3.63) is 29.3 Å². The van der Waals surface area contributed by atoms with Crippen molar-refractivity contribution in [3.8, 4) is 0 Å². The smallest absolute Gasteiger partial charge is 0.247 e. The predicted molar refractivity (Wildman–Crippen MR) is 113 cm³/mol. The number of piperazine rings is 1. The molecule has 1 N–H and O–H groups in total. The number of benzene rings is 1. The zero-order valence-corrected chi connectivity index (χ0v) is 18.5. The van der Waals surface area contributed by atoms with Gasteiger partial charge in [-0.1, -0.05) is 31.4 Å². The van der Waals surface area contributed by atoms with Crippen LogP contribution in [0.15, 0.2) is 18.2 Å². The zero-order valence-electron chi connectivity index (χ0n) is 17.7. The molecule has 3 rings (SSSR count). The molecule has 8 heteroatoms. The maximum Gasteiger partial charge on any atom is 0.247 e. The van der Waals surface area contributed by atoms with Crippen LogP contribution in [0, 0.1) is 13.8 Å². The van der Waals surface area contributed by atoms with Crippen LogP contribution in [0.3, 0.4) is 0 Å². The molecule has 7 nitrogen and oxygen atoms in total. The van der Waals surface area contributed by atoms with E-state index in [1.807, 2.05) is 32.0 Å². The van der Waals surface area contributed by atoms with Crippen LogP contribution in [0.2, 0.25) is 0 Å². The molecule has 1 atom stereocenters. The summed E-state index contributed by atoms with van der Waals surface area (Å²) in [6, 6.07) is 5.82. The molecule has 2 aliphatic rings. The van der Waals surface area contributed by atoms with Crippen LogP contribution in [-0.4, -0.2) is 55.5 Å². The average Bonchev–Trinajstić information content (AvgIpc) is 2.64. The first-order valence-electron chi connectivity index (χ1n) is 10.2. The quantitative estimate of drug-likeness (QED) is 0.807. The normalized spacial score (nSPS) is 24.6. The molecule has 1 saturated carbocycles. The minimum atomic E-state index is -3.61. The summed E-state index contributed by atoms with van der Waals surface area (Å²) >= 11 is 0. The Bertz CT molecular complexity index is 909. The first kappa shape index (κ1) is 21.8. The number of hydrogen-bond acceptors (Lipinski definition) is 4. The standard InChI is InChI=1S/C21H31N3O4S/c1-15-10-11-16(2)18(12-15)24-19(25)13-23(29(4,27)28)14-21(24,3)20(26)22-17-8-6-5-7-9-17/h10-12,17H,5-9,13-14H2,1-4H3,(H,22,26)/t21-/m1/s1. The summed E-state index contributed by atoms with van der Waals surface area (Å²) < 4.78 is 25.5. The molecular weight excluding hydrogens is 390 g/mol. The van der Waals surface area contributed by atoms with E-state index in [0.29, 0.717) is 5.69 Å². The molecule has 1 aliphatic heterocycles. The molecule has 0 aromatic heterocycles. The number of nitrogens with zero attached hydrogens (tertiary/aromatic N) is 2. The van der Waals surface area contributed by atoms with Crippen LogP contribution in [0.25, 0.3) is 0 Å². The van der Waals surface area contributed by atoms with Gasteiger partial charge in [0, 0.05) is 18.3 Å². The minimum Gasteiger partial charge on any atom is -0.351 e. The monoisotopic (exact) mass is 421 g/mol. The number of sulfonamides is 1. The molecule has 0 bridgehead atoms. The lowest BCUT2D eigenvalue weighted by molar-refractivity contribution is -0.133. The van der Waals surface area contributed by atoms with Crippen molar-refractivity contribution in [2.75, 3.05) is 24.2 Å². The summed E-state index contributed by atoms with van der Waals surface area (Å²) in [6.07, 6.45) is 6.20. The highest BCUT2D eigenvalue weighted by atomic mass is 32.2. The molecule has 1 aromatic rings. The fraction of sp³-hybridized carbons (Fsp3) is 0.619. The van der Waals surface area contributed by atoms with Crippen molar-refractivity contribution in [2.45, 2.75) is 64.5 Å². The Hall–Kier alpha value is -1.93. The van der Waals surface area contributed by atoms with E-state index in [4.69, 9.17) is 0 Å². The fourth-order valence-corrected chi connectivity index (χ4v) is 5.15.